The van der Waals surface area contributed by atoms with Crippen molar-refractivity contribution in [2.24, 2.45) is 5.73 Å². The van der Waals surface area contributed by atoms with Crippen LogP contribution in [0.3, 0.4) is 0 Å². The van der Waals surface area contributed by atoms with E-state index in [1.165, 1.54) is 17.1 Å². The van der Waals surface area contributed by atoms with Crippen molar-refractivity contribution >= 4 is 11.5 Å². The fourth-order valence-corrected chi connectivity index (χ4v) is 2.87. The van der Waals surface area contributed by atoms with Crippen molar-refractivity contribution in [3.8, 4) is 0 Å². The highest BCUT2D eigenvalue weighted by Crippen LogP contribution is 2.27. The highest BCUT2D eigenvalue weighted by Gasteiger charge is 2.28. The summed E-state index contributed by atoms with van der Waals surface area (Å²) >= 11 is 0. The molecule has 102 valence electrons. The van der Waals surface area contributed by atoms with E-state index in [1.54, 1.807) is 0 Å². The number of fused-ring (bicyclic) bond motifs is 1. The number of aromatic amines is 1. The van der Waals surface area contributed by atoms with E-state index in [0.717, 1.165) is 18.7 Å². The van der Waals surface area contributed by atoms with E-state index in [0.29, 0.717) is 24.3 Å². The zero-order valence-electron chi connectivity index (χ0n) is 10.9. The molecule has 1 fully saturated rings. The second-order valence-corrected chi connectivity index (χ2v) is 5.08. The topological polar surface area (TPSA) is 92.3 Å². The number of piperidine rings is 1. The summed E-state index contributed by atoms with van der Waals surface area (Å²) < 4.78 is 1.40. The Morgan fingerprint density at radius 2 is 2.37 bits per heavy atom. The fourth-order valence-electron chi connectivity index (χ4n) is 2.87. The molecule has 19 heavy (non-hydrogen) atoms. The third-order valence-electron chi connectivity index (χ3n) is 3.86. The van der Waals surface area contributed by atoms with Gasteiger partial charge in [0.25, 0.3) is 0 Å². The van der Waals surface area contributed by atoms with Gasteiger partial charge >= 0.3 is 5.69 Å². The normalized spacial score (nSPS) is 24.0. The summed E-state index contributed by atoms with van der Waals surface area (Å²) in [6.07, 6.45) is 4.94. The number of nitrogens with one attached hydrogen (secondary N) is 1. The van der Waals surface area contributed by atoms with Gasteiger partial charge in [-0.1, -0.05) is 0 Å². The summed E-state index contributed by atoms with van der Waals surface area (Å²) in [5.74, 6) is 0.842. The maximum Gasteiger partial charge on any atom is 0.348 e. The van der Waals surface area contributed by atoms with Crippen LogP contribution in [0.1, 0.15) is 26.2 Å². The van der Waals surface area contributed by atoms with Crippen molar-refractivity contribution in [2.75, 3.05) is 11.4 Å². The standard InChI is InChI=1S/C12H18N6O/c1-8-3-2-4-9(6-13)18(8)10-5-11-15-16-12(19)17(11)7-14-10/h5,7-9H,2-4,6,13H2,1H3,(H,16,19). The molecule has 0 amide bonds. The van der Waals surface area contributed by atoms with Crippen LogP contribution in [0.15, 0.2) is 17.2 Å². The van der Waals surface area contributed by atoms with Gasteiger partial charge in [-0.05, 0) is 26.2 Å². The monoisotopic (exact) mass is 262 g/mol. The Kier molecular flexibility index (Phi) is 2.98. The Morgan fingerprint density at radius 3 is 3.16 bits per heavy atom. The number of hydrogen-bond acceptors (Lipinski definition) is 5. The van der Waals surface area contributed by atoms with Crippen LogP contribution in [-0.2, 0) is 0 Å². The first-order chi connectivity index (χ1) is 9.20. The quantitative estimate of drug-likeness (QED) is 0.802. The molecule has 0 radical (unpaired) electrons. The maximum absolute atomic E-state index is 11.4. The van der Waals surface area contributed by atoms with Crippen LogP contribution in [0.25, 0.3) is 5.65 Å². The zero-order chi connectivity index (χ0) is 13.4. The lowest BCUT2D eigenvalue weighted by molar-refractivity contribution is 0.397. The highest BCUT2D eigenvalue weighted by atomic mass is 16.1. The summed E-state index contributed by atoms with van der Waals surface area (Å²) in [5, 5.41) is 6.39. The van der Waals surface area contributed by atoms with Gasteiger partial charge in [-0.15, -0.1) is 0 Å². The molecule has 3 heterocycles. The molecule has 0 spiro atoms. The van der Waals surface area contributed by atoms with E-state index in [1.807, 2.05) is 6.07 Å². The molecule has 2 atom stereocenters. The van der Waals surface area contributed by atoms with Crippen LogP contribution >= 0.6 is 0 Å². The van der Waals surface area contributed by atoms with Gasteiger partial charge in [-0.3, -0.25) is 0 Å². The Labute approximate surface area is 110 Å². The predicted octanol–water partition coefficient (Wildman–Crippen LogP) is 0.124. The molecule has 3 N–H and O–H groups in total. The summed E-state index contributed by atoms with van der Waals surface area (Å²) in [5.41, 5.74) is 6.18. The second-order valence-electron chi connectivity index (χ2n) is 5.08. The van der Waals surface area contributed by atoms with Crippen molar-refractivity contribution in [1.29, 1.82) is 0 Å². The predicted molar refractivity (Wildman–Crippen MR) is 72.2 cm³/mol. The largest absolute Gasteiger partial charge is 0.349 e. The third kappa shape index (κ3) is 1.99. The Balaban J connectivity index is 2.03. The Hall–Kier alpha value is -1.89. The minimum Gasteiger partial charge on any atom is -0.349 e. The first-order valence-electron chi connectivity index (χ1n) is 6.62. The van der Waals surface area contributed by atoms with Crippen molar-refractivity contribution in [3.63, 3.8) is 0 Å². The number of aromatic nitrogens is 4. The molecular weight excluding hydrogens is 244 g/mol. The molecule has 0 bridgehead atoms. The molecule has 7 nitrogen and oxygen atoms in total. The summed E-state index contributed by atoms with van der Waals surface area (Å²) in [6.45, 7) is 2.80. The van der Waals surface area contributed by atoms with Crippen LogP contribution < -0.4 is 16.3 Å². The third-order valence-corrected chi connectivity index (χ3v) is 3.86. The molecule has 2 unspecified atom stereocenters. The average molecular weight is 262 g/mol. The minimum absolute atomic E-state index is 0.267. The van der Waals surface area contributed by atoms with Gasteiger partial charge in [0.05, 0.1) is 0 Å². The molecule has 0 saturated carbocycles. The van der Waals surface area contributed by atoms with Crippen LogP contribution in [0.5, 0.6) is 0 Å². The average Bonchev–Trinajstić information content (AvgIpc) is 2.79. The van der Waals surface area contributed by atoms with Crippen molar-refractivity contribution < 1.29 is 0 Å². The SMILES string of the molecule is CC1CCCC(CN)N1c1cc2n[nH]c(=O)n2cn1. The molecule has 3 rings (SSSR count). The van der Waals surface area contributed by atoms with Gasteiger partial charge in [-0.25, -0.2) is 19.3 Å². The van der Waals surface area contributed by atoms with Crippen LogP contribution in [-0.4, -0.2) is 38.2 Å². The van der Waals surface area contributed by atoms with Gasteiger partial charge in [0, 0.05) is 24.7 Å². The van der Waals surface area contributed by atoms with Crippen LogP contribution in [0.2, 0.25) is 0 Å². The van der Waals surface area contributed by atoms with Gasteiger partial charge in [-0.2, -0.15) is 5.10 Å². The first-order valence-corrected chi connectivity index (χ1v) is 6.62. The maximum atomic E-state index is 11.4. The number of rotatable bonds is 2. The summed E-state index contributed by atoms with van der Waals surface area (Å²) in [6, 6.07) is 2.55. The van der Waals surface area contributed by atoms with Gasteiger partial charge in [0.15, 0.2) is 5.65 Å². The Morgan fingerprint density at radius 1 is 1.53 bits per heavy atom. The number of nitrogens with two attached hydrogens (primary N) is 1. The summed E-state index contributed by atoms with van der Waals surface area (Å²) in [4.78, 5) is 18.1. The number of hydrogen-bond donors (Lipinski definition) is 2. The fraction of sp³-hybridized carbons (Fsp3) is 0.583. The van der Waals surface area contributed by atoms with Crippen molar-refractivity contribution in [3.05, 3.63) is 22.9 Å². The van der Waals surface area contributed by atoms with Gasteiger partial charge in [0.1, 0.15) is 12.1 Å². The van der Waals surface area contributed by atoms with E-state index in [9.17, 15) is 4.79 Å². The molecule has 0 aromatic carbocycles. The molecule has 1 saturated heterocycles. The molecular formula is C12H18N6O. The number of nitrogens with zero attached hydrogens (tertiary/aromatic N) is 4. The van der Waals surface area contributed by atoms with E-state index < -0.39 is 0 Å². The van der Waals surface area contributed by atoms with Crippen molar-refractivity contribution in [1.82, 2.24) is 19.6 Å². The Bertz CT molecular complexity index is 632. The molecule has 1 aliphatic rings. The van der Waals surface area contributed by atoms with E-state index in [2.05, 4.69) is 27.0 Å². The molecule has 7 heteroatoms. The van der Waals surface area contributed by atoms with E-state index in [4.69, 9.17) is 5.73 Å². The molecule has 2 aromatic heterocycles. The smallest absolute Gasteiger partial charge is 0.348 e. The lowest BCUT2D eigenvalue weighted by atomic mass is 9.96. The molecule has 1 aliphatic heterocycles. The lowest BCUT2D eigenvalue weighted by Gasteiger charge is -2.41. The summed E-state index contributed by atoms with van der Waals surface area (Å²) in [7, 11) is 0. The van der Waals surface area contributed by atoms with Gasteiger partial charge in [0.2, 0.25) is 0 Å². The number of H-pyrrole nitrogens is 1. The van der Waals surface area contributed by atoms with Gasteiger partial charge < -0.3 is 10.6 Å². The van der Waals surface area contributed by atoms with Crippen LogP contribution in [0.4, 0.5) is 5.82 Å². The second kappa shape index (κ2) is 4.65. The molecule has 0 aliphatic carbocycles. The first kappa shape index (κ1) is 12.2. The van der Waals surface area contributed by atoms with Crippen molar-refractivity contribution in [2.45, 2.75) is 38.3 Å². The number of anilines is 1. The zero-order valence-corrected chi connectivity index (χ0v) is 10.9. The molecule has 2 aromatic rings. The van der Waals surface area contributed by atoms with Crippen LogP contribution in [0, 0.1) is 0 Å². The van der Waals surface area contributed by atoms with E-state index >= 15 is 0 Å². The minimum atomic E-state index is -0.267. The van der Waals surface area contributed by atoms with E-state index in [-0.39, 0.29) is 5.69 Å². The lowest BCUT2D eigenvalue weighted by Crippen LogP contribution is -2.49. The highest BCUT2D eigenvalue weighted by molar-refractivity contribution is 5.51.